The lowest BCUT2D eigenvalue weighted by Crippen LogP contribution is -2.56. The number of carbonyl (C=O) groups excluding carboxylic acids is 1. The predicted octanol–water partition coefficient (Wildman–Crippen LogP) is 3.20. The Balaban J connectivity index is 1.82. The van der Waals surface area contributed by atoms with Gasteiger partial charge >= 0.3 is 5.97 Å². The largest absolute Gasteiger partial charge is 0.460 e. The van der Waals surface area contributed by atoms with Crippen LogP contribution in [-0.2, 0) is 23.7 Å². The van der Waals surface area contributed by atoms with Crippen LogP contribution < -0.4 is 0 Å². The van der Waals surface area contributed by atoms with E-state index in [0.29, 0.717) is 6.42 Å². The van der Waals surface area contributed by atoms with E-state index in [-0.39, 0.29) is 42.4 Å². The monoisotopic (exact) mass is 326 g/mol. The molecule has 5 nitrogen and oxygen atoms in total. The third-order valence-electron chi connectivity index (χ3n) is 5.68. The molecule has 2 saturated heterocycles. The van der Waals surface area contributed by atoms with Crippen LogP contribution in [0.25, 0.3) is 0 Å². The van der Waals surface area contributed by atoms with Gasteiger partial charge in [0.15, 0.2) is 5.79 Å². The molecule has 0 amide bonds. The smallest absolute Gasteiger partial charge is 0.302 e. The van der Waals surface area contributed by atoms with Crippen LogP contribution >= 0.6 is 0 Å². The molecule has 23 heavy (non-hydrogen) atoms. The lowest BCUT2D eigenvalue weighted by atomic mass is 9.86. The Morgan fingerprint density at radius 1 is 1.17 bits per heavy atom. The Hall–Kier alpha value is -0.650. The minimum Gasteiger partial charge on any atom is -0.460 e. The summed E-state index contributed by atoms with van der Waals surface area (Å²) >= 11 is 0. The maximum atomic E-state index is 11.4. The van der Waals surface area contributed by atoms with Gasteiger partial charge < -0.3 is 18.9 Å². The first-order chi connectivity index (χ1) is 11.0. The van der Waals surface area contributed by atoms with Gasteiger partial charge in [0, 0.05) is 25.7 Å². The third-order valence-corrected chi connectivity index (χ3v) is 5.68. The molecule has 3 fully saturated rings. The van der Waals surface area contributed by atoms with E-state index in [2.05, 4.69) is 13.8 Å². The summed E-state index contributed by atoms with van der Waals surface area (Å²) in [4.78, 5) is 11.4. The van der Waals surface area contributed by atoms with Crippen molar-refractivity contribution in [3.8, 4) is 0 Å². The average molecular weight is 326 g/mol. The van der Waals surface area contributed by atoms with Gasteiger partial charge in [0.25, 0.3) is 0 Å². The van der Waals surface area contributed by atoms with Crippen molar-refractivity contribution in [1.29, 1.82) is 0 Å². The number of hydrogen-bond donors (Lipinski definition) is 0. The Labute approximate surface area is 139 Å². The fourth-order valence-electron chi connectivity index (χ4n) is 4.26. The molecule has 132 valence electrons. The fourth-order valence-corrected chi connectivity index (χ4v) is 4.26. The second-order valence-corrected chi connectivity index (χ2v) is 7.36. The summed E-state index contributed by atoms with van der Waals surface area (Å²) in [5.41, 5.74) is 0. The molecule has 0 aromatic rings. The van der Waals surface area contributed by atoms with Crippen molar-refractivity contribution in [1.82, 2.24) is 0 Å². The van der Waals surface area contributed by atoms with Gasteiger partial charge in [0.05, 0.1) is 12.2 Å². The van der Waals surface area contributed by atoms with E-state index in [4.69, 9.17) is 18.9 Å². The molecule has 0 radical (unpaired) electrons. The average Bonchev–Trinajstić information content (AvgIpc) is 2.88. The van der Waals surface area contributed by atoms with Gasteiger partial charge in [0.1, 0.15) is 18.3 Å². The summed E-state index contributed by atoms with van der Waals surface area (Å²) in [5, 5.41) is 0. The van der Waals surface area contributed by atoms with Gasteiger partial charge in [-0.15, -0.1) is 0 Å². The van der Waals surface area contributed by atoms with Crippen LogP contribution in [0, 0.1) is 5.92 Å². The highest BCUT2D eigenvalue weighted by molar-refractivity contribution is 5.66. The van der Waals surface area contributed by atoms with Crippen molar-refractivity contribution in [2.75, 3.05) is 0 Å². The minimum atomic E-state index is -0.442. The molecule has 2 heterocycles. The van der Waals surface area contributed by atoms with Crippen LogP contribution in [0.4, 0.5) is 0 Å². The van der Waals surface area contributed by atoms with Gasteiger partial charge in [-0.3, -0.25) is 4.79 Å². The lowest BCUT2D eigenvalue weighted by molar-refractivity contribution is -0.211. The zero-order valence-electron chi connectivity index (χ0n) is 14.7. The predicted molar refractivity (Wildman–Crippen MR) is 84.9 cm³/mol. The van der Waals surface area contributed by atoms with E-state index in [9.17, 15) is 4.79 Å². The fraction of sp³-hybridized carbons (Fsp3) is 0.944. The first kappa shape index (κ1) is 17.2. The number of rotatable bonds is 3. The highest BCUT2D eigenvalue weighted by Gasteiger charge is 2.57. The third kappa shape index (κ3) is 3.28. The van der Waals surface area contributed by atoms with E-state index in [1.807, 2.05) is 6.92 Å². The summed E-state index contributed by atoms with van der Waals surface area (Å²) in [6.07, 6.45) is 5.58. The number of ether oxygens (including phenoxy) is 4. The summed E-state index contributed by atoms with van der Waals surface area (Å²) in [5.74, 6) is -0.441. The summed E-state index contributed by atoms with van der Waals surface area (Å²) < 4.78 is 24.6. The number of fused-ring (bicyclic) bond motifs is 1. The van der Waals surface area contributed by atoms with Crippen molar-refractivity contribution in [2.24, 2.45) is 5.92 Å². The maximum absolute atomic E-state index is 11.4. The van der Waals surface area contributed by atoms with E-state index >= 15 is 0 Å². The quantitative estimate of drug-likeness (QED) is 0.746. The molecule has 3 rings (SSSR count). The first-order valence-corrected chi connectivity index (χ1v) is 9.14. The van der Waals surface area contributed by atoms with Crippen LogP contribution in [0.15, 0.2) is 0 Å². The molecular formula is C18H30O5. The summed E-state index contributed by atoms with van der Waals surface area (Å²) in [7, 11) is 0. The van der Waals surface area contributed by atoms with Crippen LogP contribution in [0.3, 0.4) is 0 Å². The Kier molecular flexibility index (Phi) is 5.00. The Morgan fingerprint density at radius 2 is 1.83 bits per heavy atom. The summed E-state index contributed by atoms with van der Waals surface area (Å²) in [6.45, 7) is 7.70. The standard InChI is InChI=1S/C18H30O5/c1-5-14(21-13(4)19)16-17-15(11(2)12(3)20-16)22-18(23-17)9-7-6-8-10-18/h11-12,14-17H,5-10H2,1-4H3/t11-,12-,14+,15-,16-,17?/m0/s1. The molecule has 3 aliphatic rings. The molecular weight excluding hydrogens is 296 g/mol. The molecule has 5 heteroatoms. The molecule has 1 saturated carbocycles. The zero-order chi connectivity index (χ0) is 16.6. The van der Waals surface area contributed by atoms with Crippen molar-refractivity contribution in [2.45, 2.75) is 103 Å². The van der Waals surface area contributed by atoms with E-state index in [0.717, 1.165) is 25.7 Å². The number of carbonyl (C=O) groups is 1. The van der Waals surface area contributed by atoms with E-state index < -0.39 is 5.79 Å². The summed E-state index contributed by atoms with van der Waals surface area (Å²) in [6, 6.07) is 0. The van der Waals surface area contributed by atoms with Crippen LogP contribution in [0.5, 0.6) is 0 Å². The SMILES string of the molecule is CC[C@@H](OC(C)=O)[C@@H]1O[C@@H](C)[C@H](C)[C@@H]2OC3(CCCCC3)OC21. The van der Waals surface area contributed by atoms with Crippen molar-refractivity contribution < 1.29 is 23.7 Å². The van der Waals surface area contributed by atoms with Gasteiger partial charge in [-0.05, 0) is 26.2 Å². The Morgan fingerprint density at radius 3 is 2.43 bits per heavy atom. The normalized spacial score (nSPS) is 40.6. The molecule has 0 aromatic heterocycles. The molecule has 0 N–H and O–H groups in total. The molecule has 6 atom stereocenters. The van der Waals surface area contributed by atoms with Gasteiger partial charge in [0.2, 0.25) is 0 Å². The van der Waals surface area contributed by atoms with Crippen molar-refractivity contribution in [3.05, 3.63) is 0 Å². The molecule has 0 aromatic carbocycles. The number of hydrogen-bond acceptors (Lipinski definition) is 5. The second kappa shape index (κ2) is 6.69. The highest BCUT2D eigenvalue weighted by atomic mass is 16.8. The maximum Gasteiger partial charge on any atom is 0.302 e. The molecule has 1 spiro atoms. The molecule has 0 bridgehead atoms. The second-order valence-electron chi connectivity index (χ2n) is 7.36. The molecule has 1 aliphatic carbocycles. The van der Waals surface area contributed by atoms with Crippen LogP contribution in [-0.4, -0.2) is 42.3 Å². The first-order valence-electron chi connectivity index (χ1n) is 9.14. The number of esters is 1. The highest BCUT2D eigenvalue weighted by Crippen LogP contribution is 2.47. The molecule has 2 aliphatic heterocycles. The van der Waals surface area contributed by atoms with Gasteiger partial charge in [-0.25, -0.2) is 0 Å². The lowest BCUT2D eigenvalue weighted by Gasteiger charge is -2.42. The Bertz CT molecular complexity index is 431. The van der Waals surface area contributed by atoms with E-state index in [1.54, 1.807) is 0 Å². The van der Waals surface area contributed by atoms with Crippen molar-refractivity contribution in [3.63, 3.8) is 0 Å². The minimum absolute atomic E-state index is 0.0199. The molecule has 1 unspecified atom stereocenters. The van der Waals surface area contributed by atoms with Crippen LogP contribution in [0.1, 0.15) is 66.2 Å². The van der Waals surface area contributed by atoms with Crippen LogP contribution in [0.2, 0.25) is 0 Å². The van der Waals surface area contributed by atoms with Crippen molar-refractivity contribution >= 4 is 5.97 Å². The van der Waals surface area contributed by atoms with Gasteiger partial charge in [-0.2, -0.15) is 0 Å². The van der Waals surface area contributed by atoms with Gasteiger partial charge in [-0.1, -0.05) is 20.3 Å². The zero-order valence-corrected chi connectivity index (χ0v) is 14.7. The topological polar surface area (TPSA) is 54.0 Å². The van der Waals surface area contributed by atoms with E-state index in [1.165, 1.54) is 13.3 Å².